The van der Waals surface area contributed by atoms with Gasteiger partial charge in [0.05, 0.1) is 16.8 Å². The molecule has 13 rings (SSSR count). The second kappa shape index (κ2) is 12.7. The van der Waals surface area contributed by atoms with Gasteiger partial charge in [-0.05, 0) is 163 Å². The molecule has 0 bridgehead atoms. The summed E-state index contributed by atoms with van der Waals surface area (Å²) in [5.74, 6) is 0. The van der Waals surface area contributed by atoms with E-state index in [1.54, 1.807) is 0 Å². The molecule has 3 aromatic heterocycles. The lowest BCUT2D eigenvalue weighted by molar-refractivity contribution is 0.332. The standard InChI is InChI=1S/C62H65BN2O2/c1-57(2,3)34-19-22-47-38(27-34)40-28-35(58(4,5)6)29-41-39-32-50-51(37-17-15-16-18-48(37)66-50)55-52(39)63(65(47)53(40)41)56-54(42-31-45-46(33-49(42)67-56)62(13,14)26-25-61(45,11)12)64(55)36-20-21-43-44(30-36)60(9,10)24-23-59(43,7)8/h15-22,27-33H,23-26H2,1-14H3. The second-order valence-corrected chi connectivity index (χ2v) is 25.9. The number of fused-ring (bicyclic) bond motifs is 15. The zero-order valence-corrected chi connectivity index (χ0v) is 42.3. The monoisotopic (exact) mass is 881 g/mol. The predicted octanol–water partition coefficient (Wildman–Crippen LogP) is 16.2. The molecule has 0 atom stereocenters. The maximum atomic E-state index is 7.72. The van der Waals surface area contributed by atoms with Gasteiger partial charge in [-0.2, -0.15) is 0 Å². The molecule has 0 unspecified atom stereocenters. The van der Waals surface area contributed by atoms with Crippen molar-refractivity contribution in [2.75, 3.05) is 4.90 Å². The fourth-order valence-electron chi connectivity index (χ4n) is 13.2. The van der Waals surface area contributed by atoms with Gasteiger partial charge in [-0.25, -0.2) is 0 Å². The lowest BCUT2D eigenvalue weighted by Gasteiger charge is -2.43. The summed E-state index contributed by atoms with van der Waals surface area (Å²) in [5, 5.41) is 6.09. The van der Waals surface area contributed by atoms with Gasteiger partial charge in [-0.1, -0.05) is 127 Å². The first kappa shape index (κ1) is 41.5. The van der Waals surface area contributed by atoms with Crippen LogP contribution in [0.15, 0.2) is 99.8 Å². The van der Waals surface area contributed by atoms with Crippen LogP contribution in [0.1, 0.15) is 156 Å². The lowest BCUT2D eigenvalue weighted by atomic mass is 9.47. The molecule has 0 spiro atoms. The van der Waals surface area contributed by atoms with E-state index in [9.17, 15) is 0 Å². The Balaban J connectivity index is 1.25. The van der Waals surface area contributed by atoms with Crippen LogP contribution in [0.2, 0.25) is 0 Å². The number of furan rings is 2. The molecular formula is C62H65BN2O2. The predicted molar refractivity (Wildman–Crippen MR) is 285 cm³/mol. The summed E-state index contributed by atoms with van der Waals surface area (Å²) >= 11 is 0. The van der Waals surface area contributed by atoms with Crippen LogP contribution in [0.3, 0.4) is 0 Å². The molecule has 0 N–H and O–H groups in total. The van der Waals surface area contributed by atoms with Crippen molar-refractivity contribution < 1.29 is 8.83 Å². The number of anilines is 3. The number of nitrogens with zero attached hydrogens (tertiary/aromatic N) is 2. The first-order chi connectivity index (χ1) is 31.4. The van der Waals surface area contributed by atoms with E-state index in [2.05, 4.69) is 197 Å². The van der Waals surface area contributed by atoms with E-state index in [1.165, 1.54) is 95.0 Å². The third-order valence-electron chi connectivity index (χ3n) is 17.6. The third kappa shape index (κ3) is 5.49. The fraction of sp³-hybridized carbons (Fsp3) is 0.387. The van der Waals surface area contributed by atoms with Crippen molar-refractivity contribution in [2.24, 2.45) is 0 Å². The molecule has 0 saturated carbocycles. The second-order valence-electron chi connectivity index (χ2n) is 25.9. The van der Waals surface area contributed by atoms with Gasteiger partial charge in [0.25, 0.3) is 0 Å². The smallest absolute Gasteiger partial charge is 0.376 e. The number of para-hydroxylation sites is 1. The summed E-state index contributed by atoms with van der Waals surface area (Å²) < 4.78 is 17.5. The number of benzene rings is 6. The van der Waals surface area contributed by atoms with Crippen molar-refractivity contribution in [3.05, 3.63) is 124 Å². The molecule has 0 amide bonds. The van der Waals surface area contributed by atoms with Crippen molar-refractivity contribution in [3.63, 3.8) is 0 Å². The van der Waals surface area contributed by atoms with Crippen LogP contribution in [0.5, 0.6) is 0 Å². The van der Waals surface area contributed by atoms with Crippen molar-refractivity contribution in [1.82, 2.24) is 4.48 Å². The van der Waals surface area contributed by atoms with Crippen molar-refractivity contribution >= 4 is 89.7 Å². The van der Waals surface area contributed by atoms with Gasteiger partial charge in [0.15, 0.2) is 0 Å². The molecule has 0 fully saturated rings. The number of hydrogen-bond acceptors (Lipinski definition) is 3. The van der Waals surface area contributed by atoms with Gasteiger partial charge in [-0.3, -0.25) is 0 Å². The van der Waals surface area contributed by atoms with Gasteiger partial charge in [-0.15, -0.1) is 0 Å². The zero-order chi connectivity index (χ0) is 46.9. The fourth-order valence-corrected chi connectivity index (χ4v) is 13.2. The molecule has 6 aromatic carbocycles. The van der Waals surface area contributed by atoms with E-state index < -0.39 is 0 Å². The van der Waals surface area contributed by atoms with Crippen LogP contribution in [0.25, 0.3) is 65.8 Å². The normalized spacial score (nSPS) is 18.8. The van der Waals surface area contributed by atoms with Crippen LogP contribution < -0.4 is 16.0 Å². The molecule has 2 aliphatic carbocycles. The maximum Gasteiger partial charge on any atom is 0.376 e. The topological polar surface area (TPSA) is 34.5 Å². The van der Waals surface area contributed by atoms with Crippen LogP contribution in [-0.4, -0.2) is 11.3 Å². The van der Waals surface area contributed by atoms with Gasteiger partial charge < -0.3 is 18.2 Å². The molecular weight excluding hydrogens is 816 g/mol. The summed E-state index contributed by atoms with van der Waals surface area (Å²) in [6.45, 7) is 33.4. The highest BCUT2D eigenvalue weighted by atomic mass is 16.3. The van der Waals surface area contributed by atoms with E-state index in [1.807, 2.05) is 0 Å². The minimum Gasteiger partial charge on any atom is -0.466 e. The van der Waals surface area contributed by atoms with E-state index >= 15 is 0 Å². The van der Waals surface area contributed by atoms with Crippen LogP contribution in [-0.2, 0) is 32.5 Å². The Morgan fingerprint density at radius 3 is 1.81 bits per heavy atom. The van der Waals surface area contributed by atoms with Gasteiger partial charge in [0.2, 0.25) is 0 Å². The Labute approximate surface area is 396 Å². The SMILES string of the molecule is CC(C)(C)c1ccc2c(c1)c1cc(C(C)(C)C)cc3c1n2B1c2oc4cc5c(cc4c2N(c2ccc4c(c2)C(C)(C)CCC4(C)C)c2c1c-3cc1oc3ccccc3c21)C(C)(C)CCC5(C)C. The Hall–Kier alpha value is -5.68. The molecule has 67 heavy (non-hydrogen) atoms. The summed E-state index contributed by atoms with van der Waals surface area (Å²) in [5.41, 5.74) is 22.2. The Bertz CT molecular complexity index is 3680. The Kier molecular flexibility index (Phi) is 7.86. The lowest BCUT2D eigenvalue weighted by Crippen LogP contribution is -2.56. The van der Waals surface area contributed by atoms with Crippen molar-refractivity contribution in [3.8, 4) is 11.1 Å². The molecule has 4 nitrogen and oxygen atoms in total. The van der Waals surface area contributed by atoms with Crippen molar-refractivity contribution in [2.45, 2.75) is 155 Å². The van der Waals surface area contributed by atoms with E-state index in [0.717, 1.165) is 58.1 Å². The van der Waals surface area contributed by atoms with Crippen LogP contribution >= 0.6 is 0 Å². The highest BCUT2D eigenvalue weighted by Crippen LogP contribution is 2.56. The van der Waals surface area contributed by atoms with Crippen molar-refractivity contribution in [1.29, 1.82) is 0 Å². The minimum atomic E-state index is -0.235. The minimum absolute atomic E-state index is 0.00844. The Morgan fingerprint density at radius 2 is 1.12 bits per heavy atom. The molecule has 338 valence electrons. The first-order valence-electron chi connectivity index (χ1n) is 25.1. The maximum absolute atomic E-state index is 7.72. The highest BCUT2D eigenvalue weighted by Gasteiger charge is 2.49. The van der Waals surface area contributed by atoms with E-state index in [4.69, 9.17) is 8.83 Å². The molecule has 4 aliphatic rings. The summed E-state index contributed by atoms with van der Waals surface area (Å²) in [7, 11) is 0. The summed E-state index contributed by atoms with van der Waals surface area (Å²) in [6.07, 6.45) is 4.61. The zero-order valence-electron chi connectivity index (χ0n) is 42.3. The molecule has 9 aromatic rings. The van der Waals surface area contributed by atoms with Crippen LogP contribution in [0, 0.1) is 0 Å². The third-order valence-corrected chi connectivity index (χ3v) is 17.6. The van der Waals surface area contributed by atoms with Crippen LogP contribution in [0.4, 0.5) is 17.1 Å². The average Bonchev–Trinajstić information content (AvgIpc) is 3.94. The Morgan fingerprint density at radius 1 is 0.493 bits per heavy atom. The average molecular weight is 881 g/mol. The summed E-state index contributed by atoms with van der Waals surface area (Å²) in [6, 6.07) is 35.8. The molecule has 5 heterocycles. The first-order valence-corrected chi connectivity index (χ1v) is 25.1. The van der Waals surface area contributed by atoms with Gasteiger partial charge >= 0.3 is 6.85 Å². The number of hydrogen-bond donors (Lipinski definition) is 0. The molecule has 5 heteroatoms. The quantitative estimate of drug-likeness (QED) is 0.154. The summed E-state index contributed by atoms with van der Waals surface area (Å²) in [4.78, 5) is 2.64. The van der Waals surface area contributed by atoms with E-state index in [-0.39, 0.29) is 39.3 Å². The molecule has 0 saturated heterocycles. The highest BCUT2D eigenvalue weighted by molar-refractivity contribution is 6.90. The number of aromatic nitrogens is 1. The van der Waals surface area contributed by atoms with Gasteiger partial charge in [0.1, 0.15) is 22.4 Å². The number of rotatable bonds is 1. The molecule has 0 radical (unpaired) electrons. The van der Waals surface area contributed by atoms with Gasteiger partial charge in [0, 0.05) is 43.8 Å². The largest absolute Gasteiger partial charge is 0.466 e. The van der Waals surface area contributed by atoms with E-state index in [0.29, 0.717) is 0 Å². The molecule has 2 aliphatic heterocycles.